The molecule has 1 atom stereocenters. The summed E-state index contributed by atoms with van der Waals surface area (Å²) < 4.78 is 11.8. The number of benzene rings is 1. The molecule has 6 nitrogen and oxygen atoms in total. The first kappa shape index (κ1) is 16.6. The van der Waals surface area contributed by atoms with E-state index in [1.807, 2.05) is 6.07 Å². The van der Waals surface area contributed by atoms with Crippen LogP contribution < -0.4 is 14.8 Å². The monoisotopic (exact) mass is 366 g/mol. The van der Waals surface area contributed by atoms with Crippen LogP contribution in [0.4, 0.5) is 0 Å². The number of nitrogens with zero attached hydrogens (tertiary/aromatic N) is 3. The van der Waals surface area contributed by atoms with E-state index >= 15 is 0 Å². The van der Waals surface area contributed by atoms with Crippen LogP contribution in [0.2, 0.25) is 5.02 Å². The first-order valence-corrected chi connectivity index (χ1v) is 8.54. The highest BCUT2D eigenvalue weighted by Crippen LogP contribution is 2.29. The number of halogens is 1. The molecule has 1 aliphatic rings. The Morgan fingerprint density at radius 2 is 2.15 bits per heavy atom. The normalized spacial score (nSPS) is 16.4. The van der Waals surface area contributed by atoms with Gasteiger partial charge in [0, 0.05) is 18.2 Å². The Bertz CT molecular complexity index is 996. The van der Waals surface area contributed by atoms with Gasteiger partial charge in [0.1, 0.15) is 18.2 Å². The Labute approximate surface area is 155 Å². The van der Waals surface area contributed by atoms with Gasteiger partial charge in [-0.15, -0.1) is 6.42 Å². The van der Waals surface area contributed by atoms with E-state index in [4.69, 9.17) is 27.5 Å². The third-order valence-corrected chi connectivity index (χ3v) is 4.36. The first-order valence-electron chi connectivity index (χ1n) is 8.16. The maximum absolute atomic E-state index is 6.04. The number of nitrogens with one attached hydrogen (secondary N) is 1. The lowest BCUT2D eigenvalue weighted by Gasteiger charge is -2.12. The number of ether oxygens (including phenoxy) is 2. The molecule has 1 fully saturated rings. The minimum absolute atomic E-state index is 0.114. The molecule has 0 bridgehead atoms. The van der Waals surface area contributed by atoms with Crippen molar-refractivity contribution in [1.82, 2.24) is 20.3 Å². The van der Waals surface area contributed by atoms with Crippen LogP contribution >= 0.6 is 11.6 Å². The quantitative estimate of drug-likeness (QED) is 0.715. The summed E-state index contributed by atoms with van der Waals surface area (Å²) in [6, 6.07) is 8.73. The third kappa shape index (κ3) is 3.40. The molecule has 2 aromatic heterocycles. The van der Waals surface area contributed by atoms with Crippen LogP contribution in [0.5, 0.6) is 17.5 Å². The summed E-state index contributed by atoms with van der Waals surface area (Å²) in [4.78, 5) is 13.0. The van der Waals surface area contributed by atoms with Gasteiger partial charge in [0.15, 0.2) is 5.52 Å². The standard InChI is InChI=1S/C19H15ClN4O2/c1-2-12-9-13(3-4-15(12)20)26-19-18-16(22-11-23-19)5-6-17(24-18)25-14-7-8-21-10-14/h1,3-6,9,11,14,21H,7-8,10H2/t14-/m0/s1. The number of hydrogen-bond donors (Lipinski definition) is 1. The van der Waals surface area contributed by atoms with Gasteiger partial charge < -0.3 is 14.8 Å². The van der Waals surface area contributed by atoms with Gasteiger partial charge in [-0.2, -0.15) is 4.98 Å². The highest BCUT2D eigenvalue weighted by molar-refractivity contribution is 6.31. The molecule has 7 heteroatoms. The third-order valence-electron chi connectivity index (χ3n) is 4.03. The van der Waals surface area contributed by atoms with Gasteiger partial charge in [-0.3, -0.25) is 0 Å². The summed E-state index contributed by atoms with van der Waals surface area (Å²) in [7, 11) is 0. The number of aromatic nitrogens is 3. The molecule has 1 aliphatic heterocycles. The second-order valence-electron chi connectivity index (χ2n) is 5.82. The molecule has 0 saturated carbocycles. The molecule has 3 aromatic rings. The number of rotatable bonds is 4. The predicted octanol–water partition coefficient (Wildman–Crippen LogP) is 3.19. The number of fused-ring (bicyclic) bond motifs is 1. The van der Waals surface area contributed by atoms with E-state index in [0.29, 0.717) is 39.1 Å². The van der Waals surface area contributed by atoms with Gasteiger partial charge in [-0.1, -0.05) is 17.5 Å². The average Bonchev–Trinajstić information content (AvgIpc) is 3.17. The average molecular weight is 367 g/mol. The van der Waals surface area contributed by atoms with Crippen LogP contribution in [0.15, 0.2) is 36.7 Å². The van der Waals surface area contributed by atoms with Gasteiger partial charge in [0.2, 0.25) is 11.8 Å². The van der Waals surface area contributed by atoms with Crippen molar-refractivity contribution in [3.8, 4) is 29.9 Å². The summed E-state index contributed by atoms with van der Waals surface area (Å²) in [6.07, 6.45) is 7.95. The van der Waals surface area contributed by atoms with Crippen LogP contribution in [0.3, 0.4) is 0 Å². The minimum Gasteiger partial charge on any atom is -0.473 e. The lowest BCUT2D eigenvalue weighted by molar-refractivity contribution is 0.214. The molecule has 26 heavy (non-hydrogen) atoms. The molecule has 1 aromatic carbocycles. The summed E-state index contributed by atoms with van der Waals surface area (Å²) >= 11 is 6.04. The molecule has 1 N–H and O–H groups in total. The molecule has 0 amide bonds. The van der Waals surface area contributed by atoms with E-state index in [0.717, 1.165) is 19.5 Å². The maximum Gasteiger partial charge on any atom is 0.249 e. The zero-order chi connectivity index (χ0) is 17.9. The molecule has 4 rings (SSSR count). The number of hydrogen-bond acceptors (Lipinski definition) is 6. The Morgan fingerprint density at radius 1 is 1.23 bits per heavy atom. The molecule has 0 spiro atoms. The lowest BCUT2D eigenvalue weighted by atomic mass is 10.2. The molecule has 0 radical (unpaired) electrons. The highest BCUT2D eigenvalue weighted by Gasteiger charge is 2.17. The largest absolute Gasteiger partial charge is 0.473 e. The topological polar surface area (TPSA) is 69.2 Å². The Kier molecular flexibility index (Phi) is 4.57. The van der Waals surface area contributed by atoms with Gasteiger partial charge in [0.05, 0.1) is 10.5 Å². The van der Waals surface area contributed by atoms with E-state index in [9.17, 15) is 0 Å². The second kappa shape index (κ2) is 7.16. The summed E-state index contributed by atoms with van der Waals surface area (Å²) in [6.45, 7) is 1.76. The molecule has 1 saturated heterocycles. The second-order valence-corrected chi connectivity index (χ2v) is 6.22. The zero-order valence-corrected chi connectivity index (χ0v) is 14.5. The molecular formula is C19H15ClN4O2. The molecule has 0 aliphatic carbocycles. The van der Waals surface area contributed by atoms with E-state index in [1.54, 1.807) is 24.3 Å². The van der Waals surface area contributed by atoms with Crippen LogP contribution in [-0.4, -0.2) is 34.1 Å². The van der Waals surface area contributed by atoms with Crippen molar-refractivity contribution in [1.29, 1.82) is 0 Å². The molecule has 0 unspecified atom stereocenters. The van der Waals surface area contributed by atoms with Crippen LogP contribution in [0.25, 0.3) is 11.0 Å². The Morgan fingerprint density at radius 3 is 2.96 bits per heavy atom. The van der Waals surface area contributed by atoms with Crippen LogP contribution in [0, 0.1) is 12.3 Å². The van der Waals surface area contributed by atoms with Gasteiger partial charge in [-0.05, 0) is 37.2 Å². The van der Waals surface area contributed by atoms with Crippen molar-refractivity contribution < 1.29 is 9.47 Å². The van der Waals surface area contributed by atoms with Crippen molar-refractivity contribution in [2.45, 2.75) is 12.5 Å². The first-order chi connectivity index (χ1) is 12.7. The summed E-state index contributed by atoms with van der Waals surface area (Å²) in [5, 5.41) is 3.75. The smallest absolute Gasteiger partial charge is 0.249 e. The fourth-order valence-electron chi connectivity index (χ4n) is 2.73. The van der Waals surface area contributed by atoms with E-state index in [-0.39, 0.29) is 6.10 Å². The molecule has 3 heterocycles. The highest BCUT2D eigenvalue weighted by atomic mass is 35.5. The van der Waals surface area contributed by atoms with E-state index in [2.05, 4.69) is 26.2 Å². The summed E-state index contributed by atoms with van der Waals surface area (Å²) in [5.41, 5.74) is 1.74. The van der Waals surface area contributed by atoms with Crippen molar-refractivity contribution in [3.63, 3.8) is 0 Å². The zero-order valence-electron chi connectivity index (χ0n) is 13.8. The Hall–Kier alpha value is -2.88. The fraction of sp³-hybridized carbons (Fsp3) is 0.211. The van der Waals surface area contributed by atoms with Crippen molar-refractivity contribution in [2.75, 3.05) is 13.1 Å². The van der Waals surface area contributed by atoms with Gasteiger partial charge >= 0.3 is 0 Å². The molecule has 130 valence electrons. The van der Waals surface area contributed by atoms with Crippen LogP contribution in [0.1, 0.15) is 12.0 Å². The van der Waals surface area contributed by atoms with Crippen LogP contribution in [-0.2, 0) is 0 Å². The van der Waals surface area contributed by atoms with Crippen molar-refractivity contribution in [2.24, 2.45) is 0 Å². The SMILES string of the molecule is C#Cc1cc(Oc2ncnc3ccc(O[C@H]4CCNC4)nc23)ccc1Cl. The van der Waals surface area contributed by atoms with Gasteiger partial charge in [0.25, 0.3) is 0 Å². The van der Waals surface area contributed by atoms with Gasteiger partial charge in [-0.25, -0.2) is 9.97 Å². The minimum atomic E-state index is 0.114. The predicted molar refractivity (Wildman–Crippen MR) is 98.7 cm³/mol. The van der Waals surface area contributed by atoms with E-state index < -0.39 is 0 Å². The lowest BCUT2D eigenvalue weighted by Crippen LogP contribution is -2.20. The maximum atomic E-state index is 6.04. The Balaban J connectivity index is 1.66. The fourth-order valence-corrected chi connectivity index (χ4v) is 2.90. The van der Waals surface area contributed by atoms with Crippen molar-refractivity contribution >= 4 is 22.6 Å². The number of terminal acetylenes is 1. The number of pyridine rings is 1. The van der Waals surface area contributed by atoms with E-state index in [1.165, 1.54) is 6.33 Å². The molecular weight excluding hydrogens is 352 g/mol. The van der Waals surface area contributed by atoms with Crippen molar-refractivity contribution in [3.05, 3.63) is 47.2 Å². The summed E-state index contributed by atoms with van der Waals surface area (Å²) in [5.74, 6) is 3.89.